The molecular formula is C11H15N5O. The van der Waals surface area contributed by atoms with Gasteiger partial charge in [-0.15, -0.1) is 0 Å². The van der Waals surface area contributed by atoms with Crippen molar-refractivity contribution in [3.05, 3.63) is 35.9 Å². The number of carbonyl (C=O) groups excluding carboxylic acids is 1. The fourth-order valence-corrected chi connectivity index (χ4v) is 1.61. The van der Waals surface area contributed by atoms with E-state index in [1.165, 1.54) is 0 Å². The molecule has 2 rings (SSSR count). The molecule has 0 fully saturated rings. The van der Waals surface area contributed by atoms with Crippen LogP contribution in [0.1, 0.15) is 23.1 Å². The third-order valence-electron chi connectivity index (χ3n) is 2.60. The molecule has 0 aliphatic rings. The summed E-state index contributed by atoms with van der Waals surface area (Å²) >= 11 is 0. The Labute approximate surface area is 99.2 Å². The maximum absolute atomic E-state index is 11.9. The first-order valence-corrected chi connectivity index (χ1v) is 5.49. The Morgan fingerprint density at radius 2 is 2.12 bits per heavy atom. The van der Waals surface area contributed by atoms with E-state index in [-0.39, 0.29) is 5.91 Å². The molecule has 90 valence electrons. The van der Waals surface area contributed by atoms with Gasteiger partial charge in [0.1, 0.15) is 5.69 Å². The summed E-state index contributed by atoms with van der Waals surface area (Å²) in [5.74, 6) is -0.120. The number of aromatic nitrogens is 4. The molecule has 0 aliphatic carbocycles. The van der Waals surface area contributed by atoms with Gasteiger partial charge in [0.15, 0.2) is 0 Å². The zero-order valence-corrected chi connectivity index (χ0v) is 9.92. The maximum Gasteiger partial charge on any atom is 0.269 e. The number of hydrogen-bond donors (Lipinski definition) is 1. The number of aryl methyl sites for hydroxylation is 2. The van der Waals surface area contributed by atoms with Gasteiger partial charge in [-0.25, -0.2) is 0 Å². The summed E-state index contributed by atoms with van der Waals surface area (Å²) < 4.78 is 3.40. The van der Waals surface area contributed by atoms with Gasteiger partial charge in [-0.05, 0) is 19.1 Å². The molecule has 6 heteroatoms. The third-order valence-corrected chi connectivity index (χ3v) is 2.60. The predicted molar refractivity (Wildman–Crippen MR) is 62.3 cm³/mol. The Kier molecular flexibility index (Phi) is 3.22. The van der Waals surface area contributed by atoms with Crippen molar-refractivity contribution < 1.29 is 4.79 Å². The normalized spacial score (nSPS) is 10.5. The van der Waals surface area contributed by atoms with Crippen molar-refractivity contribution in [2.45, 2.75) is 20.0 Å². The first-order valence-electron chi connectivity index (χ1n) is 5.49. The molecule has 0 unspecified atom stereocenters. The minimum absolute atomic E-state index is 0.120. The molecule has 1 amide bonds. The lowest BCUT2D eigenvalue weighted by atomic mass is 10.3. The van der Waals surface area contributed by atoms with Gasteiger partial charge in [0, 0.05) is 26.0 Å². The highest BCUT2D eigenvalue weighted by Gasteiger charge is 2.10. The van der Waals surface area contributed by atoms with Crippen LogP contribution in [0.25, 0.3) is 0 Å². The van der Waals surface area contributed by atoms with Crippen LogP contribution in [0.4, 0.5) is 0 Å². The number of rotatable bonds is 4. The highest BCUT2D eigenvalue weighted by Crippen LogP contribution is 2.00. The van der Waals surface area contributed by atoms with E-state index in [1.54, 1.807) is 27.8 Å². The molecule has 0 saturated carbocycles. The Hall–Kier alpha value is -2.11. The maximum atomic E-state index is 11.9. The first kappa shape index (κ1) is 11.4. The number of nitrogens with zero attached hydrogens (tertiary/aromatic N) is 4. The number of nitrogens with one attached hydrogen (secondary N) is 1. The minimum Gasteiger partial charge on any atom is -0.345 e. The number of carbonyl (C=O) groups is 1. The van der Waals surface area contributed by atoms with E-state index >= 15 is 0 Å². The van der Waals surface area contributed by atoms with Crippen LogP contribution in [-0.4, -0.2) is 25.5 Å². The first-order chi connectivity index (χ1) is 8.22. The molecule has 0 atom stereocenters. The lowest BCUT2D eigenvalue weighted by Crippen LogP contribution is -2.26. The number of hydrogen-bond acceptors (Lipinski definition) is 3. The summed E-state index contributed by atoms with van der Waals surface area (Å²) in [7, 11) is 1.85. The summed E-state index contributed by atoms with van der Waals surface area (Å²) in [5.41, 5.74) is 1.54. The van der Waals surface area contributed by atoms with E-state index in [9.17, 15) is 4.79 Å². The van der Waals surface area contributed by atoms with Crippen LogP contribution < -0.4 is 5.32 Å². The molecule has 0 radical (unpaired) electrons. The summed E-state index contributed by atoms with van der Waals surface area (Å²) in [5, 5.41) is 10.9. The predicted octanol–water partition coefficient (Wildman–Crippen LogP) is 0.566. The highest BCUT2D eigenvalue weighted by atomic mass is 16.2. The largest absolute Gasteiger partial charge is 0.345 e. The summed E-state index contributed by atoms with van der Waals surface area (Å²) in [4.78, 5) is 11.9. The van der Waals surface area contributed by atoms with E-state index in [4.69, 9.17) is 0 Å². The molecule has 2 aromatic rings. The lowest BCUT2D eigenvalue weighted by molar-refractivity contribution is 0.0939. The van der Waals surface area contributed by atoms with Crippen molar-refractivity contribution in [2.24, 2.45) is 7.05 Å². The molecular weight excluding hydrogens is 218 g/mol. The zero-order chi connectivity index (χ0) is 12.3. The van der Waals surface area contributed by atoms with Gasteiger partial charge >= 0.3 is 0 Å². The van der Waals surface area contributed by atoms with Gasteiger partial charge < -0.3 is 5.32 Å². The highest BCUT2D eigenvalue weighted by molar-refractivity contribution is 5.92. The molecule has 0 spiro atoms. The Bertz CT molecular complexity index is 513. The van der Waals surface area contributed by atoms with Crippen LogP contribution in [0.2, 0.25) is 0 Å². The van der Waals surface area contributed by atoms with E-state index in [0.717, 1.165) is 5.69 Å². The van der Waals surface area contributed by atoms with Gasteiger partial charge in [0.25, 0.3) is 5.91 Å². The van der Waals surface area contributed by atoms with Gasteiger partial charge in [-0.1, -0.05) is 0 Å². The molecule has 1 N–H and O–H groups in total. The van der Waals surface area contributed by atoms with Gasteiger partial charge in [-0.3, -0.25) is 14.2 Å². The Morgan fingerprint density at radius 1 is 1.35 bits per heavy atom. The SMILES string of the molecule is CCn1nccc1C(=O)NCc1ccnn1C. The Balaban J connectivity index is 2.01. The van der Waals surface area contributed by atoms with Gasteiger partial charge in [-0.2, -0.15) is 10.2 Å². The second kappa shape index (κ2) is 4.82. The molecule has 2 aromatic heterocycles. The van der Waals surface area contributed by atoms with Crippen LogP contribution in [-0.2, 0) is 20.1 Å². The Morgan fingerprint density at radius 3 is 2.76 bits per heavy atom. The van der Waals surface area contributed by atoms with E-state index < -0.39 is 0 Å². The van der Waals surface area contributed by atoms with Crippen molar-refractivity contribution in [3.8, 4) is 0 Å². The topological polar surface area (TPSA) is 64.7 Å². The van der Waals surface area contributed by atoms with Crippen LogP contribution in [0.3, 0.4) is 0 Å². The minimum atomic E-state index is -0.120. The van der Waals surface area contributed by atoms with Crippen LogP contribution in [0, 0.1) is 0 Å². The molecule has 2 heterocycles. The third kappa shape index (κ3) is 2.35. The smallest absolute Gasteiger partial charge is 0.269 e. The van der Waals surface area contributed by atoms with Crippen molar-refractivity contribution in [3.63, 3.8) is 0 Å². The second-order valence-corrected chi connectivity index (χ2v) is 3.66. The lowest BCUT2D eigenvalue weighted by Gasteiger charge is -2.06. The van der Waals surface area contributed by atoms with Gasteiger partial charge in [0.2, 0.25) is 0 Å². The monoisotopic (exact) mass is 233 g/mol. The zero-order valence-electron chi connectivity index (χ0n) is 9.92. The fraction of sp³-hybridized carbons (Fsp3) is 0.364. The molecule has 17 heavy (non-hydrogen) atoms. The average molecular weight is 233 g/mol. The van der Waals surface area contributed by atoms with Gasteiger partial charge in [0.05, 0.1) is 12.2 Å². The molecule has 0 saturated heterocycles. The quantitative estimate of drug-likeness (QED) is 0.839. The molecule has 6 nitrogen and oxygen atoms in total. The molecule has 0 bridgehead atoms. The van der Waals surface area contributed by atoms with Crippen LogP contribution in [0.15, 0.2) is 24.5 Å². The number of amides is 1. The van der Waals surface area contributed by atoms with E-state index in [0.29, 0.717) is 18.8 Å². The average Bonchev–Trinajstić information content (AvgIpc) is 2.94. The van der Waals surface area contributed by atoms with Crippen LogP contribution in [0.5, 0.6) is 0 Å². The fourth-order valence-electron chi connectivity index (χ4n) is 1.61. The summed E-state index contributed by atoms with van der Waals surface area (Å²) in [6.07, 6.45) is 3.33. The summed E-state index contributed by atoms with van der Waals surface area (Å²) in [6, 6.07) is 3.58. The second-order valence-electron chi connectivity index (χ2n) is 3.66. The summed E-state index contributed by atoms with van der Waals surface area (Å²) in [6.45, 7) is 3.09. The van der Waals surface area contributed by atoms with E-state index in [2.05, 4.69) is 15.5 Å². The molecule has 0 aromatic carbocycles. The molecule has 0 aliphatic heterocycles. The van der Waals surface area contributed by atoms with E-state index in [1.807, 2.05) is 20.0 Å². The van der Waals surface area contributed by atoms with Crippen molar-refractivity contribution >= 4 is 5.91 Å². The van der Waals surface area contributed by atoms with Crippen molar-refractivity contribution in [1.29, 1.82) is 0 Å². The van der Waals surface area contributed by atoms with Crippen LogP contribution >= 0.6 is 0 Å². The van der Waals surface area contributed by atoms with Crippen molar-refractivity contribution in [1.82, 2.24) is 24.9 Å². The van der Waals surface area contributed by atoms with Crippen molar-refractivity contribution in [2.75, 3.05) is 0 Å². The standard InChI is InChI=1S/C11H15N5O/c1-3-16-10(5-7-14-16)11(17)12-8-9-4-6-13-15(9)2/h4-7H,3,8H2,1-2H3,(H,12,17).